The minimum atomic E-state index is -2.35. The summed E-state index contributed by atoms with van der Waals surface area (Å²) < 4.78 is 11.3. The summed E-state index contributed by atoms with van der Waals surface area (Å²) in [5.41, 5.74) is -2.51. The molecule has 0 unspecified atom stereocenters. The molecular weight excluding hydrogens is 612 g/mol. The molecule has 1 aromatic heterocycles. The number of phenolic OH excluding ortho intramolecular Hbond substituents is 1. The third-order valence-corrected chi connectivity index (χ3v) is 8.14. The summed E-state index contributed by atoms with van der Waals surface area (Å²) in [6.45, 7) is 8.34. The number of amides is 1. The Labute approximate surface area is 286 Å². The van der Waals surface area contributed by atoms with Crippen LogP contribution in [0.5, 0.6) is 5.75 Å². The van der Waals surface area contributed by atoms with Crippen LogP contribution < -0.4 is 5.32 Å². The van der Waals surface area contributed by atoms with E-state index in [2.05, 4.69) is 17.2 Å². The summed E-state index contributed by atoms with van der Waals surface area (Å²) in [7, 11) is 0. The molecule has 0 aliphatic heterocycles. The number of nitrogens with one attached hydrogen (secondary N) is 1. The number of ether oxygens (including phenoxy) is 1. The van der Waals surface area contributed by atoms with Crippen molar-refractivity contribution < 1.29 is 38.9 Å². The van der Waals surface area contributed by atoms with Crippen molar-refractivity contribution in [3.05, 3.63) is 59.8 Å². The van der Waals surface area contributed by atoms with Gasteiger partial charge in [-0.05, 0) is 71.1 Å². The first kappa shape index (κ1) is 40.7. The number of unbranched alkanes of at least 4 members (excludes halogenated alkanes) is 8. The van der Waals surface area contributed by atoms with E-state index in [1.54, 1.807) is 45.9 Å². The smallest absolute Gasteiger partial charge is 0.339 e. The van der Waals surface area contributed by atoms with Crippen molar-refractivity contribution in [1.29, 1.82) is 0 Å². The van der Waals surface area contributed by atoms with Crippen LogP contribution in [0.4, 0.5) is 0 Å². The molecule has 3 atom stereocenters. The molecule has 0 saturated carbocycles. The van der Waals surface area contributed by atoms with E-state index in [1.165, 1.54) is 43.7 Å². The first-order chi connectivity index (χ1) is 22.8. The van der Waals surface area contributed by atoms with E-state index >= 15 is 0 Å². The molecule has 0 radical (unpaired) electrons. The Balaban J connectivity index is 2.15. The van der Waals surface area contributed by atoms with Gasteiger partial charge in [-0.2, -0.15) is 0 Å². The standard InChI is InChI=1S/C38H58N2O8/c1-6-7-8-11-14-17-30(42)18-15-12-9-10-13-16-19-32(38(46,24-25-41)36(45)48-37(3,4)5)34(44)40-33(35-39-27-28(2)47-35)26-29-20-22-31(43)23-21-29/h16,19-23,27,32-33,41,43,46H,6-15,17-18,24-26H2,1-5H3,(H,40,44)/b19-16+/t32-,33+,38+/m1/s1. The third kappa shape index (κ3) is 14.7. The van der Waals surface area contributed by atoms with Gasteiger partial charge in [-0.1, -0.05) is 69.7 Å². The zero-order valence-corrected chi connectivity index (χ0v) is 29.6. The molecule has 2 rings (SSSR count). The molecule has 4 N–H and O–H groups in total. The third-order valence-electron chi connectivity index (χ3n) is 8.14. The first-order valence-electron chi connectivity index (χ1n) is 17.5. The Morgan fingerprint density at radius 1 is 0.979 bits per heavy atom. The molecule has 1 amide bonds. The van der Waals surface area contributed by atoms with Crippen molar-refractivity contribution in [1.82, 2.24) is 10.3 Å². The number of esters is 1. The van der Waals surface area contributed by atoms with Crippen molar-refractivity contribution in [2.45, 2.75) is 142 Å². The number of Topliss-reactive ketones (excluding diaryl/α,β-unsaturated/α-hetero) is 1. The Bertz CT molecular complexity index is 1280. The zero-order chi connectivity index (χ0) is 35.6. The van der Waals surface area contributed by atoms with E-state index < -0.39 is 48.1 Å². The molecule has 2 aromatic rings. The van der Waals surface area contributed by atoms with Crippen LogP contribution in [0.15, 0.2) is 47.0 Å². The number of allylic oxidation sites excluding steroid dienone is 1. The number of aromatic nitrogens is 1. The quantitative estimate of drug-likeness (QED) is 0.0555. The summed E-state index contributed by atoms with van der Waals surface area (Å²) in [5, 5.41) is 34.3. The highest BCUT2D eigenvalue weighted by molar-refractivity contribution is 5.91. The fourth-order valence-corrected chi connectivity index (χ4v) is 5.47. The fourth-order valence-electron chi connectivity index (χ4n) is 5.47. The maximum atomic E-state index is 14.0. The minimum absolute atomic E-state index is 0.101. The lowest BCUT2D eigenvalue weighted by Crippen LogP contribution is -2.54. The molecular formula is C38H58N2O8. The molecule has 0 saturated heterocycles. The van der Waals surface area contributed by atoms with Crippen LogP contribution in [0.1, 0.15) is 134 Å². The van der Waals surface area contributed by atoms with Gasteiger partial charge in [0.1, 0.15) is 28.9 Å². The number of aromatic hydroxyl groups is 1. The highest BCUT2D eigenvalue weighted by Crippen LogP contribution is 2.30. The molecule has 0 aliphatic carbocycles. The van der Waals surface area contributed by atoms with Crippen molar-refractivity contribution >= 4 is 17.7 Å². The van der Waals surface area contributed by atoms with Crippen LogP contribution >= 0.6 is 0 Å². The van der Waals surface area contributed by atoms with Gasteiger partial charge >= 0.3 is 5.97 Å². The summed E-state index contributed by atoms with van der Waals surface area (Å²) in [5.74, 6) is -1.85. The van der Waals surface area contributed by atoms with E-state index in [4.69, 9.17) is 9.15 Å². The summed E-state index contributed by atoms with van der Waals surface area (Å²) >= 11 is 0. The van der Waals surface area contributed by atoms with Crippen LogP contribution in [0.3, 0.4) is 0 Å². The largest absolute Gasteiger partial charge is 0.508 e. The normalized spacial score (nSPS) is 14.4. The number of nitrogens with zero attached hydrogens (tertiary/aromatic N) is 1. The second-order valence-corrected chi connectivity index (χ2v) is 13.7. The number of hydrogen-bond donors (Lipinski definition) is 4. The number of ketones is 1. The van der Waals surface area contributed by atoms with Crippen LogP contribution in [-0.2, 0) is 25.5 Å². The predicted molar refractivity (Wildman–Crippen MR) is 185 cm³/mol. The minimum Gasteiger partial charge on any atom is -0.508 e. The number of aryl methyl sites for hydroxylation is 1. The van der Waals surface area contributed by atoms with Gasteiger partial charge in [0.15, 0.2) is 5.60 Å². The second-order valence-electron chi connectivity index (χ2n) is 13.7. The van der Waals surface area contributed by atoms with Gasteiger partial charge in [0.2, 0.25) is 11.8 Å². The first-order valence-corrected chi connectivity index (χ1v) is 17.5. The van der Waals surface area contributed by atoms with E-state index in [0.29, 0.717) is 30.8 Å². The average molecular weight is 671 g/mol. The number of carbonyl (C=O) groups excluding carboxylic acids is 3. The lowest BCUT2D eigenvalue weighted by Gasteiger charge is -2.34. The fraction of sp³-hybridized carbons (Fsp3) is 0.632. The number of oxazole rings is 1. The lowest BCUT2D eigenvalue weighted by molar-refractivity contribution is -0.185. The highest BCUT2D eigenvalue weighted by Gasteiger charge is 2.49. The number of carbonyl (C=O) groups is 3. The SMILES string of the molecule is CCCCCCCC(=O)CCCCCC/C=C/[C@H](C(=O)N[C@@H](Cc1ccc(O)cc1)c1ncc(C)o1)[C@@](O)(CCO)C(=O)OC(C)(C)C. The molecule has 1 heterocycles. The maximum Gasteiger partial charge on any atom is 0.339 e. The summed E-state index contributed by atoms with van der Waals surface area (Å²) in [6, 6.07) is 5.75. The molecule has 10 heteroatoms. The number of aliphatic hydroxyl groups is 2. The topological polar surface area (TPSA) is 159 Å². The van der Waals surface area contributed by atoms with Gasteiger partial charge in [0, 0.05) is 32.3 Å². The molecule has 0 fully saturated rings. The molecule has 10 nitrogen and oxygen atoms in total. The van der Waals surface area contributed by atoms with Gasteiger partial charge in [-0.3, -0.25) is 9.59 Å². The van der Waals surface area contributed by atoms with Crippen molar-refractivity contribution in [2.75, 3.05) is 6.61 Å². The van der Waals surface area contributed by atoms with Crippen LogP contribution in [-0.4, -0.2) is 55.8 Å². The second kappa shape index (κ2) is 20.8. The number of aliphatic hydroxyl groups excluding tert-OH is 1. The molecule has 0 aliphatic rings. The number of benzene rings is 1. The Morgan fingerprint density at radius 2 is 1.60 bits per heavy atom. The van der Waals surface area contributed by atoms with Crippen molar-refractivity contribution in [3.8, 4) is 5.75 Å². The van der Waals surface area contributed by atoms with E-state index in [1.807, 2.05) is 0 Å². The van der Waals surface area contributed by atoms with Gasteiger partial charge in [-0.15, -0.1) is 0 Å². The Hall–Kier alpha value is -3.50. The lowest BCUT2D eigenvalue weighted by atomic mass is 9.82. The highest BCUT2D eigenvalue weighted by atomic mass is 16.6. The maximum absolute atomic E-state index is 14.0. The van der Waals surface area contributed by atoms with Gasteiger partial charge < -0.3 is 29.8 Å². The zero-order valence-electron chi connectivity index (χ0n) is 29.6. The van der Waals surface area contributed by atoms with Crippen LogP contribution in [0, 0.1) is 12.8 Å². The van der Waals surface area contributed by atoms with Crippen LogP contribution in [0.2, 0.25) is 0 Å². The van der Waals surface area contributed by atoms with Crippen molar-refractivity contribution in [2.24, 2.45) is 5.92 Å². The van der Waals surface area contributed by atoms with Crippen LogP contribution in [0.25, 0.3) is 0 Å². The molecule has 48 heavy (non-hydrogen) atoms. The van der Waals surface area contributed by atoms with E-state index in [9.17, 15) is 29.7 Å². The summed E-state index contributed by atoms with van der Waals surface area (Å²) in [6.07, 6.45) is 15.7. The predicted octanol–water partition coefficient (Wildman–Crippen LogP) is 6.99. The Morgan fingerprint density at radius 3 is 2.17 bits per heavy atom. The van der Waals surface area contributed by atoms with Gasteiger partial charge in [0.05, 0.1) is 12.1 Å². The van der Waals surface area contributed by atoms with Gasteiger partial charge in [-0.25, -0.2) is 9.78 Å². The molecule has 0 spiro atoms. The van der Waals surface area contributed by atoms with E-state index in [-0.39, 0.29) is 18.1 Å². The molecule has 0 bridgehead atoms. The molecule has 268 valence electrons. The number of hydrogen-bond acceptors (Lipinski definition) is 9. The summed E-state index contributed by atoms with van der Waals surface area (Å²) in [4.78, 5) is 43.9. The number of phenols is 1. The monoisotopic (exact) mass is 670 g/mol. The average Bonchev–Trinajstić information content (AvgIpc) is 3.46. The number of rotatable bonds is 23. The Kier molecular flexibility index (Phi) is 17.6. The van der Waals surface area contributed by atoms with Crippen molar-refractivity contribution in [3.63, 3.8) is 0 Å². The van der Waals surface area contributed by atoms with Gasteiger partial charge in [0.25, 0.3) is 0 Å². The molecule has 1 aromatic carbocycles. The van der Waals surface area contributed by atoms with E-state index in [0.717, 1.165) is 44.1 Å².